The van der Waals surface area contributed by atoms with Crippen molar-refractivity contribution in [1.82, 2.24) is 5.32 Å². The van der Waals surface area contributed by atoms with Crippen molar-refractivity contribution in [2.75, 3.05) is 17.3 Å². The molecule has 2 rings (SSSR count). The molecule has 0 unspecified atom stereocenters. The minimum absolute atomic E-state index is 0.187. The summed E-state index contributed by atoms with van der Waals surface area (Å²) in [7, 11) is 0. The van der Waals surface area contributed by atoms with E-state index in [2.05, 4.69) is 10.6 Å². The minimum Gasteiger partial charge on any atom is -0.340 e. The van der Waals surface area contributed by atoms with Gasteiger partial charge in [-0.25, -0.2) is 0 Å². The third kappa shape index (κ3) is 5.36. The van der Waals surface area contributed by atoms with Crippen molar-refractivity contribution in [3.63, 3.8) is 0 Å². The molecule has 0 saturated heterocycles. The highest BCUT2D eigenvalue weighted by molar-refractivity contribution is 7.98. The van der Waals surface area contributed by atoms with Gasteiger partial charge in [0.15, 0.2) is 0 Å². The molecule has 2 amide bonds. The predicted octanol–water partition coefficient (Wildman–Crippen LogP) is 4.10. The van der Waals surface area contributed by atoms with Crippen molar-refractivity contribution in [1.29, 1.82) is 0 Å². The van der Waals surface area contributed by atoms with E-state index in [4.69, 9.17) is 0 Å². The van der Waals surface area contributed by atoms with Crippen LogP contribution in [-0.2, 0) is 4.79 Å². The third-order valence-corrected chi connectivity index (χ3v) is 5.05. The van der Waals surface area contributed by atoms with Gasteiger partial charge >= 0.3 is 0 Å². The molecular weight excluding hydrogens is 344 g/mol. The molecule has 0 aliphatic rings. The largest absolute Gasteiger partial charge is 0.340 e. The molecule has 5 heteroatoms. The summed E-state index contributed by atoms with van der Waals surface area (Å²) in [6, 6.07) is 12.6. The average molecular weight is 371 g/mol. The predicted molar refractivity (Wildman–Crippen MR) is 110 cm³/mol. The number of nitrogens with one attached hydrogen (secondary N) is 2. The van der Waals surface area contributed by atoms with Gasteiger partial charge in [-0.3, -0.25) is 9.59 Å². The van der Waals surface area contributed by atoms with Crippen LogP contribution in [0.15, 0.2) is 42.5 Å². The van der Waals surface area contributed by atoms with Crippen molar-refractivity contribution in [3.8, 4) is 0 Å². The highest BCUT2D eigenvalue weighted by Crippen LogP contribution is 2.18. The van der Waals surface area contributed by atoms with E-state index in [9.17, 15) is 9.59 Å². The molecule has 0 radical (unpaired) electrons. The molecule has 0 aliphatic heterocycles. The van der Waals surface area contributed by atoms with Crippen LogP contribution >= 0.6 is 11.8 Å². The standard InChI is InChI=1S/C21H26N2O2S/c1-14-8-10-17(11-9-14)20(24)23-19(12-13-26-4)21(25)22-18-7-5-6-15(2)16(18)3/h5-11,19H,12-13H2,1-4H3,(H,22,25)(H,23,24)/t19-/m0/s1. The van der Waals surface area contributed by atoms with E-state index >= 15 is 0 Å². The summed E-state index contributed by atoms with van der Waals surface area (Å²) in [5.74, 6) is 0.374. The van der Waals surface area contributed by atoms with Gasteiger partial charge in [0.25, 0.3) is 5.91 Å². The number of thioether (sulfide) groups is 1. The zero-order chi connectivity index (χ0) is 19.1. The molecule has 0 bridgehead atoms. The highest BCUT2D eigenvalue weighted by Gasteiger charge is 2.21. The van der Waals surface area contributed by atoms with E-state index in [-0.39, 0.29) is 11.8 Å². The molecule has 0 aromatic heterocycles. The van der Waals surface area contributed by atoms with E-state index in [0.717, 1.165) is 28.1 Å². The summed E-state index contributed by atoms with van der Waals surface area (Å²) in [6.07, 6.45) is 2.57. The smallest absolute Gasteiger partial charge is 0.251 e. The van der Waals surface area contributed by atoms with Crippen molar-refractivity contribution < 1.29 is 9.59 Å². The van der Waals surface area contributed by atoms with E-state index in [0.29, 0.717) is 12.0 Å². The van der Waals surface area contributed by atoms with Gasteiger partial charge in [-0.05, 0) is 68.5 Å². The highest BCUT2D eigenvalue weighted by atomic mass is 32.2. The third-order valence-electron chi connectivity index (χ3n) is 4.41. The summed E-state index contributed by atoms with van der Waals surface area (Å²) >= 11 is 1.65. The minimum atomic E-state index is -0.573. The van der Waals surface area contributed by atoms with Crippen LogP contribution in [0.25, 0.3) is 0 Å². The molecule has 0 saturated carbocycles. The molecule has 2 aromatic carbocycles. The Hall–Kier alpha value is -2.27. The van der Waals surface area contributed by atoms with E-state index < -0.39 is 6.04 Å². The fourth-order valence-electron chi connectivity index (χ4n) is 2.56. The lowest BCUT2D eigenvalue weighted by molar-refractivity contribution is -0.118. The SMILES string of the molecule is CSCC[C@H](NC(=O)c1ccc(C)cc1)C(=O)Nc1cccc(C)c1C. The summed E-state index contributed by atoms with van der Waals surface area (Å²) in [6.45, 7) is 5.96. The Morgan fingerprint density at radius 2 is 1.73 bits per heavy atom. The van der Waals surface area contributed by atoms with Crippen molar-refractivity contribution in [2.24, 2.45) is 0 Å². The van der Waals surface area contributed by atoms with Gasteiger partial charge in [0.05, 0.1) is 0 Å². The number of carbonyl (C=O) groups excluding carboxylic acids is 2. The Bertz CT molecular complexity index is 772. The first kappa shape index (κ1) is 20.0. The Morgan fingerprint density at radius 1 is 1.04 bits per heavy atom. The number of carbonyl (C=O) groups is 2. The molecule has 0 fully saturated rings. The van der Waals surface area contributed by atoms with Crippen molar-refractivity contribution in [3.05, 3.63) is 64.7 Å². The Kier molecular flexibility index (Phi) is 7.27. The first-order valence-corrected chi connectivity index (χ1v) is 10.1. The lowest BCUT2D eigenvalue weighted by Crippen LogP contribution is -2.44. The Labute approximate surface area is 159 Å². The molecule has 2 N–H and O–H groups in total. The maximum Gasteiger partial charge on any atom is 0.251 e. The van der Waals surface area contributed by atoms with Gasteiger partial charge in [0.1, 0.15) is 6.04 Å². The fraction of sp³-hybridized carbons (Fsp3) is 0.333. The molecule has 4 nitrogen and oxygen atoms in total. The van der Waals surface area contributed by atoms with Gasteiger partial charge in [-0.1, -0.05) is 29.8 Å². The zero-order valence-electron chi connectivity index (χ0n) is 15.8. The topological polar surface area (TPSA) is 58.2 Å². The van der Waals surface area contributed by atoms with Crippen LogP contribution in [0.3, 0.4) is 0 Å². The molecule has 1 atom stereocenters. The summed E-state index contributed by atoms with van der Waals surface area (Å²) in [5.41, 5.74) is 4.59. The van der Waals surface area contributed by atoms with Crippen LogP contribution in [0, 0.1) is 20.8 Å². The number of aryl methyl sites for hydroxylation is 2. The second-order valence-electron chi connectivity index (χ2n) is 6.41. The average Bonchev–Trinajstić information content (AvgIpc) is 2.62. The van der Waals surface area contributed by atoms with Gasteiger partial charge in [-0.2, -0.15) is 11.8 Å². The fourth-order valence-corrected chi connectivity index (χ4v) is 3.03. The molecule has 0 spiro atoms. The number of hydrogen-bond donors (Lipinski definition) is 2. The summed E-state index contributed by atoms with van der Waals surface area (Å²) in [4.78, 5) is 25.3. The van der Waals surface area contributed by atoms with E-state index in [1.165, 1.54) is 0 Å². The zero-order valence-corrected chi connectivity index (χ0v) is 16.6. The van der Waals surface area contributed by atoms with Crippen LogP contribution in [0.2, 0.25) is 0 Å². The molecule has 26 heavy (non-hydrogen) atoms. The van der Waals surface area contributed by atoms with E-state index in [1.54, 1.807) is 23.9 Å². The number of hydrogen-bond acceptors (Lipinski definition) is 3. The van der Waals surface area contributed by atoms with Crippen molar-refractivity contribution >= 4 is 29.3 Å². The lowest BCUT2D eigenvalue weighted by atomic mass is 10.1. The van der Waals surface area contributed by atoms with Crippen molar-refractivity contribution in [2.45, 2.75) is 33.2 Å². The van der Waals surface area contributed by atoms with Crippen LogP contribution in [0.1, 0.15) is 33.5 Å². The molecular formula is C21H26N2O2S. The van der Waals surface area contributed by atoms with Crippen LogP contribution in [0.5, 0.6) is 0 Å². The number of benzene rings is 2. The van der Waals surface area contributed by atoms with Crippen LogP contribution < -0.4 is 10.6 Å². The molecule has 0 aliphatic carbocycles. The molecule has 2 aromatic rings. The first-order valence-electron chi connectivity index (χ1n) is 8.66. The second kappa shape index (κ2) is 9.43. The van der Waals surface area contributed by atoms with Gasteiger partial charge < -0.3 is 10.6 Å². The number of anilines is 1. The molecule has 138 valence electrons. The summed E-state index contributed by atoms with van der Waals surface area (Å²) in [5, 5.41) is 5.84. The quantitative estimate of drug-likeness (QED) is 0.771. The van der Waals surface area contributed by atoms with Crippen LogP contribution in [-0.4, -0.2) is 29.9 Å². The second-order valence-corrected chi connectivity index (χ2v) is 7.40. The maximum absolute atomic E-state index is 12.8. The van der Waals surface area contributed by atoms with Gasteiger partial charge in [0.2, 0.25) is 5.91 Å². The maximum atomic E-state index is 12.8. The Balaban J connectivity index is 2.12. The Morgan fingerprint density at radius 3 is 2.38 bits per heavy atom. The number of rotatable bonds is 7. The van der Waals surface area contributed by atoms with Gasteiger partial charge in [-0.15, -0.1) is 0 Å². The normalized spacial score (nSPS) is 11.7. The molecule has 0 heterocycles. The van der Waals surface area contributed by atoms with E-state index in [1.807, 2.05) is 57.4 Å². The van der Waals surface area contributed by atoms with Crippen LogP contribution in [0.4, 0.5) is 5.69 Å². The number of amides is 2. The summed E-state index contributed by atoms with van der Waals surface area (Å²) < 4.78 is 0. The monoisotopic (exact) mass is 370 g/mol. The first-order chi connectivity index (χ1) is 12.4. The van der Waals surface area contributed by atoms with Gasteiger partial charge in [0, 0.05) is 11.3 Å². The lowest BCUT2D eigenvalue weighted by Gasteiger charge is -2.19.